The van der Waals surface area contributed by atoms with Crippen LogP contribution < -0.4 is 14.4 Å². The molecule has 0 spiro atoms. The number of sulfonamides is 1. The number of halogens is 3. The first-order chi connectivity index (χ1) is 24.2. The lowest BCUT2D eigenvalue weighted by Crippen LogP contribution is -2.54. The molecule has 0 aliphatic rings. The van der Waals surface area contributed by atoms with E-state index in [1.807, 2.05) is 44.2 Å². The van der Waals surface area contributed by atoms with Crippen LogP contribution in [0.15, 0.2) is 89.8 Å². The van der Waals surface area contributed by atoms with Gasteiger partial charge < -0.3 is 15.0 Å². The number of aryl methyl sites for hydroxylation is 1. The summed E-state index contributed by atoms with van der Waals surface area (Å²) in [7, 11) is -3.40. The molecule has 0 aliphatic heterocycles. The van der Waals surface area contributed by atoms with E-state index in [1.165, 1.54) is 55.3 Å². The third-order valence-corrected chi connectivity index (χ3v) is 10.9. The van der Waals surface area contributed by atoms with Crippen molar-refractivity contribution in [1.82, 2.24) is 10.2 Å². The van der Waals surface area contributed by atoms with Crippen LogP contribution in [-0.2, 0) is 32.6 Å². The van der Waals surface area contributed by atoms with Crippen LogP contribution in [0, 0.1) is 17.0 Å². The van der Waals surface area contributed by atoms with E-state index in [0.717, 1.165) is 15.9 Å². The zero-order valence-electron chi connectivity index (χ0n) is 28.3. The Bertz CT molecular complexity index is 2020. The molecular weight excluding hydrogens is 739 g/mol. The molecule has 4 aromatic carbocycles. The third kappa shape index (κ3) is 9.70. The molecular formula is C36H37Cl3N4O7S. The second-order valence-electron chi connectivity index (χ2n) is 11.8. The van der Waals surface area contributed by atoms with Gasteiger partial charge in [0, 0.05) is 45.7 Å². The molecule has 0 aromatic heterocycles. The molecule has 0 saturated heterocycles. The molecule has 4 rings (SSSR count). The van der Waals surface area contributed by atoms with E-state index in [9.17, 15) is 28.1 Å². The number of carbonyl (C=O) groups is 2. The highest BCUT2D eigenvalue weighted by Crippen LogP contribution is 2.36. The van der Waals surface area contributed by atoms with E-state index in [4.69, 9.17) is 39.5 Å². The van der Waals surface area contributed by atoms with Crippen molar-refractivity contribution in [3.05, 3.63) is 127 Å². The molecule has 2 amide bonds. The molecule has 0 unspecified atom stereocenters. The van der Waals surface area contributed by atoms with Gasteiger partial charge in [-0.2, -0.15) is 0 Å². The van der Waals surface area contributed by atoms with Gasteiger partial charge in [0.15, 0.2) is 0 Å². The van der Waals surface area contributed by atoms with Crippen molar-refractivity contribution in [1.29, 1.82) is 0 Å². The number of hydrogen-bond donors (Lipinski definition) is 1. The second-order valence-corrected chi connectivity index (χ2v) is 15.0. The highest BCUT2D eigenvalue weighted by atomic mass is 35.5. The largest absolute Gasteiger partial charge is 0.495 e. The van der Waals surface area contributed by atoms with E-state index < -0.39 is 49.9 Å². The van der Waals surface area contributed by atoms with Gasteiger partial charge in [0.1, 0.15) is 18.3 Å². The highest BCUT2D eigenvalue weighted by Gasteiger charge is 2.37. The first-order valence-electron chi connectivity index (χ1n) is 15.8. The Morgan fingerprint density at radius 2 is 1.63 bits per heavy atom. The standard InChI is InChI=1S/C36H37Cl3N4O7S/c1-5-24(3)40-36(45)33(17-25-9-7-6-8-10-25)41(21-26-12-13-27(37)18-30(26)39)35(44)22-42(32-19-28(38)14-16-34(32)50-4)51(48,49)29-15-11-23(2)31(20-29)43(46)47/h6-16,18-20,24,33H,5,17,21-22H2,1-4H3,(H,40,45)/t24-,33-/m0/s1. The number of amides is 2. The van der Waals surface area contributed by atoms with E-state index in [0.29, 0.717) is 17.0 Å². The van der Waals surface area contributed by atoms with Gasteiger partial charge in [0.2, 0.25) is 11.8 Å². The summed E-state index contributed by atoms with van der Waals surface area (Å²) in [5.74, 6) is -1.19. The number of hydrogen-bond acceptors (Lipinski definition) is 7. The molecule has 0 fully saturated rings. The molecule has 0 heterocycles. The van der Waals surface area contributed by atoms with E-state index in [2.05, 4.69) is 5.32 Å². The Morgan fingerprint density at radius 1 is 0.961 bits per heavy atom. The minimum atomic E-state index is -4.72. The van der Waals surface area contributed by atoms with Crippen LogP contribution >= 0.6 is 34.8 Å². The Kier molecular flexibility index (Phi) is 13.3. The molecule has 0 radical (unpaired) electrons. The summed E-state index contributed by atoms with van der Waals surface area (Å²) in [6.07, 6.45) is 0.696. The van der Waals surface area contributed by atoms with Crippen molar-refractivity contribution < 1.29 is 27.7 Å². The van der Waals surface area contributed by atoms with Crippen LogP contribution in [-0.4, -0.2) is 55.8 Å². The monoisotopic (exact) mass is 774 g/mol. The SMILES string of the molecule is CC[C@H](C)NC(=O)[C@H](Cc1ccccc1)N(Cc1ccc(Cl)cc1Cl)C(=O)CN(c1cc(Cl)ccc1OC)S(=O)(=O)c1ccc(C)c([N+](=O)[O-])c1. The van der Waals surface area contributed by atoms with Crippen LogP contribution in [0.3, 0.4) is 0 Å². The Labute approximate surface area is 312 Å². The van der Waals surface area contributed by atoms with Gasteiger partial charge in [0.05, 0.1) is 22.6 Å². The fraction of sp³-hybridized carbons (Fsp3) is 0.278. The van der Waals surface area contributed by atoms with E-state index in [1.54, 1.807) is 12.1 Å². The van der Waals surface area contributed by atoms with Crippen LogP contribution in [0.2, 0.25) is 15.1 Å². The van der Waals surface area contributed by atoms with Crippen LogP contribution in [0.1, 0.15) is 37.0 Å². The van der Waals surface area contributed by atoms with Crippen molar-refractivity contribution in [2.24, 2.45) is 0 Å². The predicted octanol–water partition coefficient (Wildman–Crippen LogP) is 7.62. The lowest BCUT2D eigenvalue weighted by atomic mass is 10.0. The summed E-state index contributed by atoms with van der Waals surface area (Å²) in [5, 5.41) is 15.5. The number of rotatable bonds is 15. The van der Waals surface area contributed by atoms with Gasteiger partial charge in [-0.25, -0.2) is 8.42 Å². The number of methoxy groups -OCH3 is 1. The van der Waals surface area contributed by atoms with Crippen molar-refractivity contribution in [3.8, 4) is 5.75 Å². The molecule has 11 nitrogen and oxygen atoms in total. The number of benzene rings is 4. The number of carbonyl (C=O) groups excluding carboxylic acids is 2. The van der Waals surface area contributed by atoms with Crippen LogP contribution in [0.5, 0.6) is 5.75 Å². The van der Waals surface area contributed by atoms with Crippen LogP contribution in [0.25, 0.3) is 0 Å². The summed E-state index contributed by atoms with van der Waals surface area (Å²) < 4.78 is 35.3. The smallest absolute Gasteiger partial charge is 0.273 e. The topological polar surface area (TPSA) is 139 Å². The third-order valence-electron chi connectivity index (χ3n) is 8.28. The number of anilines is 1. The maximum absolute atomic E-state index is 14.8. The Hall–Kier alpha value is -4.36. The lowest BCUT2D eigenvalue weighted by Gasteiger charge is -2.34. The van der Waals surface area contributed by atoms with Crippen molar-refractivity contribution in [2.75, 3.05) is 18.0 Å². The first-order valence-corrected chi connectivity index (χ1v) is 18.4. The Morgan fingerprint density at radius 3 is 2.25 bits per heavy atom. The quantitative estimate of drug-likeness (QED) is 0.0969. The summed E-state index contributed by atoms with van der Waals surface area (Å²) in [6.45, 7) is 4.17. The lowest BCUT2D eigenvalue weighted by molar-refractivity contribution is -0.385. The minimum absolute atomic E-state index is 0.0556. The molecule has 0 aliphatic carbocycles. The number of nitrogens with one attached hydrogen (secondary N) is 1. The molecule has 0 saturated carbocycles. The summed E-state index contributed by atoms with van der Waals surface area (Å²) in [6, 6.07) is 20.1. The van der Waals surface area contributed by atoms with Crippen molar-refractivity contribution >= 4 is 68.0 Å². The summed E-state index contributed by atoms with van der Waals surface area (Å²) in [4.78, 5) is 40.8. The summed E-state index contributed by atoms with van der Waals surface area (Å²) in [5.41, 5.74) is 0.908. The van der Waals surface area contributed by atoms with Crippen LogP contribution in [0.4, 0.5) is 11.4 Å². The number of nitrogens with zero attached hydrogens (tertiary/aromatic N) is 3. The predicted molar refractivity (Wildman–Crippen MR) is 199 cm³/mol. The Balaban J connectivity index is 1.92. The van der Waals surface area contributed by atoms with Gasteiger partial charge in [-0.15, -0.1) is 0 Å². The minimum Gasteiger partial charge on any atom is -0.495 e. The summed E-state index contributed by atoms with van der Waals surface area (Å²) >= 11 is 19.1. The van der Waals surface area contributed by atoms with Gasteiger partial charge in [-0.05, 0) is 67.8 Å². The van der Waals surface area contributed by atoms with Crippen molar-refractivity contribution in [3.63, 3.8) is 0 Å². The molecule has 2 atom stereocenters. The normalized spacial score (nSPS) is 12.5. The maximum Gasteiger partial charge on any atom is 0.273 e. The molecule has 0 bridgehead atoms. The molecule has 270 valence electrons. The number of nitro benzene ring substituents is 1. The fourth-order valence-corrected chi connectivity index (χ4v) is 7.35. The van der Waals surface area contributed by atoms with Gasteiger partial charge in [-0.3, -0.25) is 24.0 Å². The molecule has 1 N–H and O–H groups in total. The maximum atomic E-state index is 14.8. The fourth-order valence-electron chi connectivity index (χ4n) is 5.27. The van der Waals surface area contributed by atoms with Gasteiger partial charge in [0.25, 0.3) is 15.7 Å². The van der Waals surface area contributed by atoms with E-state index >= 15 is 0 Å². The molecule has 51 heavy (non-hydrogen) atoms. The molecule has 15 heteroatoms. The van der Waals surface area contributed by atoms with Gasteiger partial charge >= 0.3 is 0 Å². The zero-order valence-corrected chi connectivity index (χ0v) is 31.4. The first kappa shape index (κ1) is 39.4. The average molecular weight is 776 g/mol. The second kappa shape index (κ2) is 17.2. The average Bonchev–Trinajstić information content (AvgIpc) is 3.09. The van der Waals surface area contributed by atoms with Crippen molar-refractivity contribution in [2.45, 2.75) is 57.1 Å². The zero-order chi connectivity index (χ0) is 37.5. The molecule has 4 aromatic rings. The number of nitro groups is 1. The highest BCUT2D eigenvalue weighted by molar-refractivity contribution is 7.92. The van der Waals surface area contributed by atoms with E-state index in [-0.39, 0.29) is 46.1 Å². The van der Waals surface area contributed by atoms with Gasteiger partial charge in [-0.1, -0.05) is 84.2 Å². The number of ether oxygens (including phenoxy) is 1.